The Labute approximate surface area is 87.0 Å². The lowest BCUT2D eigenvalue weighted by Gasteiger charge is -2.03. The molecule has 0 saturated carbocycles. The summed E-state index contributed by atoms with van der Waals surface area (Å²) < 4.78 is 0. The lowest BCUT2D eigenvalue weighted by Crippen LogP contribution is -1.77. The Morgan fingerprint density at radius 3 is 2.27 bits per heavy atom. The van der Waals surface area contributed by atoms with Crippen molar-refractivity contribution in [1.82, 2.24) is 0 Å². The molecule has 2 rings (SSSR count). The predicted molar refractivity (Wildman–Crippen MR) is 59.0 cm³/mol. The van der Waals surface area contributed by atoms with E-state index in [0.717, 1.165) is 11.1 Å². The molecule has 0 aromatic heterocycles. The zero-order chi connectivity index (χ0) is 10.7. The molecule has 0 unspecified atom stereocenters. The minimum absolute atomic E-state index is 0.204. The van der Waals surface area contributed by atoms with Gasteiger partial charge in [-0.1, -0.05) is 30.3 Å². The lowest BCUT2D eigenvalue weighted by atomic mass is 10.0. The highest BCUT2D eigenvalue weighted by molar-refractivity contribution is 5.75. The Bertz CT molecular complexity index is 477. The molecule has 2 aromatic carbocycles. The van der Waals surface area contributed by atoms with Crippen molar-refractivity contribution in [1.29, 1.82) is 0 Å². The average Bonchev–Trinajstić information content (AvgIpc) is 2.30. The fourth-order valence-corrected chi connectivity index (χ4v) is 1.44. The van der Waals surface area contributed by atoms with E-state index in [9.17, 15) is 4.91 Å². The van der Waals surface area contributed by atoms with Crippen LogP contribution in [0.3, 0.4) is 0 Å². The van der Waals surface area contributed by atoms with Gasteiger partial charge in [0.2, 0.25) is 0 Å². The summed E-state index contributed by atoms with van der Waals surface area (Å²) in [4.78, 5) is 10.6. The van der Waals surface area contributed by atoms with Crippen LogP contribution in [0.15, 0.2) is 53.7 Å². The topological polar surface area (TPSA) is 49.7 Å². The first kappa shape index (κ1) is 9.40. The van der Waals surface area contributed by atoms with Crippen molar-refractivity contribution in [3.63, 3.8) is 0 Å². The summed E-state index contributed by atoms with van der Waals surface area (Å²) in [6.07, 6.45) is 0. The van der Waals surface area contributed by atoms with E-state index in [0.29, 0.717) is 5.69 Å². The van der Waals surface area contributed by atoms with Gasteiger partial charge in [-0.3, -0.25) is 0 Å². The predicted octanol–water partition coefficient (Wildman–Crippen LogP) is 3.46. The van der Waals surface area contributed by atoms with Gasteiger partial charge in [0.1, 0.15) is 11.4 Å². The first-order valence-electron chi connectivity index (χ1n) is 4.53. The van der Waals surface area contributed by atoms with Crippen molar-refractivity contribution < 1.29 is 5.11 Å². The number of rotatable bonds is 2. The third-order valence-electron chi connectivity index (χ3n) is 2.18. The number of hydrogen-bond acceptors (Lipinski definition) is 3. The fraction of sp³-hybridized carbons (Fsp3) is 0. The van der Waals surface area contributed by atoms with Crippen molar-refractivity contribution in [2.24, 2.45) is 5.18 Å². The minimum Gasteiger partial charge on any atom is -0.508 e. The van der Waals surface area contributed by atoms with Gasteiger partial charge >= 0.3 is 0 Å². The molecule has 0 saturated heterocycles. The standard InChI is InChI=1S/C12H9NO2/c14-10-7-5-9(6-8-10)11-3-1-2-4-12(11)13-15/h1-8,14H. The van der Waals surface area contributed by atoms with Crippen LogP contribution >= 0.6 is 0 Å². The summed E-state index contributed by atoms with van der Waals surface area (Å²) in [5.41, 5.74) is 2.04. The molecule has 0 amide bonds. The van der Waals surface area contributed by atoms with Crippen molar-refractivity contribution >= 4 is 5.69 Å². The van der Waals surface area contributed by atoms with Gasteiger partial charge < -0.3 is 5.11 Å². The summed E-state index contributed by atoms with van der Waals surface area (Å²) in [6.45, 7) is 0. The summed E-state index contributed by atoms with van der Waals surface area (Å²) in [5.74, 6) is 0.204. The lowest BCUT2D eigenvalue weighted by molar-refractivity contribution is 0.475. The quantitative estimate of drug-likeness (QED) is 0.753. The minimum atomic E-state index is 0.204. The van der Waals surface area contributed by atoms with Crippen LogP contribution in [0.1, 0.15) is 0 Å². The zero-order valence-corrected chi connectivity index (χ0v) is 7.92. The van der Waals surface area contributed by atoms with E-state index in [2.05, 4.69) is 5.18 Å². The summed E-state index contributed by atoms with van der Waals surface area (Å²) in [6, 6.07) is 13.8. The van der Waals surface area contributed by atoms with Crippen LogP contribution in [0, 0.1) is 4.91 Å². The number of nitrogens with zero attached hydrogens (tertiary/aromatic N) is 1. The van der Waals surface area contributed by atoms with Crippen molar-refractivity contribution in [2.45, 2.75) is 0 Å². The molecule has 0 radical (unpaired) electrons. The molecule has 2 aromatic rings. The molecule has 15 heavy (non-hydrogen) atoms. The molecular weight excluding hydrogens is 190 g/mol. The maximum Gasteiger partial charge on any atom is 0.115 e. The summed E-state index contributed by atoms with van der Waals surface area (Å²) in [5, 5.41) is 12.1. The Kier molecular flexibility index (Phi) is 2.46. The van der Waals surface area contributed by atoms with E-state index in [1.165, 1.54) is 0 Å². The molecule has 0 bridgehead atoms. The van der Waals surface area contributed by atoms with Gasteiger partial charge in [0.15, 0.2) is 0 Å². The molecule has 1 N–H and O–H groups in total. The maximum absolute atomic E-state index is 10.6. The Morgan fingerprint density at radius 2 is 1.60 bits per heavy atom. The van der Waals surface area contributed by atoms with Crippen LogP contribution in [0.25, 0.3) is 11.1 Å². The van der Waals surface area contributed by atoms with E-state index in [1.807, 2.05) is 12.1 Å². The molecular formula is C12H9NO2. The van der Waals surface area contributed by atoms with Crippen molar-refractivity contribution in [3.05, 3.63) is 53.4 Å². The second-order valence-electron chi connectivity index (χ2n) is 3.16. The second kappa shape index (κ2) is 3.92. The molecule has 74 valence electrons. The smallest absolute Gasteiger partial charge is 0.115 e. The summed E-state index contributed by atoms with van der Waals surface area (Å²) >= 11 is 0. The zero-order valence-electron chi connectivity index (χ0n) is 7.92. The number of aromatic hydroxyl groups is 1. The molecule has 0 aliphatic carbocycles. The van der Waals surface area contributed by atoms with E-state index in [1.54, 1.807) is 36.4 Å². The maximum atomic E-state index is 10.6. The van der Waals surface area contributed by atoms with E-state index in [-0.39, 0.29) is 5.75 Å². The monoisotopic (exact) mass is 199 g/mol. The van der Waals surface area contributed by atoms with Crippen LogP contribution in [-0.2, 0) is 0 Å². The molecule has 0 heterocycles. The van der Waals surface area contributed by atoms with E-state index < -0.39 is 0 Å². The third-order valence-corrected chi connectivity index (χ3v) is 2.18. The first-order valence-corrected chi connectivity index (χ1v) is 4.53. The first-order chi connectivity index (χ1) is 7.31. The van der Waals surface area contributed by atoms with Crippen LogP contribution in [-0.4, -0.2) is 5.11 Å². The van der Waals surface area contributed by atoms with Crippen molar-refractivity contribution in [3.8, 4) is 16.9 Å². The Balaban J connectivity index is 2.53. The van der Waals surface area contributed by atoms with Crippen LogP contribution in [0.5, 0.6) is 5.75 Å². The second-order valence-corrected chi connectivity index (χ2v) is 3.16. The highest BCUT2D eigenvalue weighted by atomic mass is 16.3. The van der Waals surface area contributed by atoms with Crippen LogP contribution in [0.2, 0.25) is 0 Å². The van der Waals surface area contributed by atoms with Crippen molar-refractivity contribution in [2.75, 3.05) is 0 Å². The number of benzene rings is 2. The fourth-order valence-electron chi connectivity index (χ4n) is 1.44. The third kappa shape index (κ3) is 1.86. The molecule has 3 nitrogen and oxygen atoms in total. The molecule has 0 fully saturated rings. The van der Waals surface area contributed by atoms with E-state index >= 15 is 0 Å². The SMILES string of the molecule is O=Nc1ccccc1-c1ccc(O)cc1. The Hall–Kier alpha value is -2.16. The van der Waals surface area contributed by atoms with E-state index in [4.69, 9.17) is 5.11 Å². The Morgan fingerprint density at radius 1 is 0.933 bits per heavy atom. The van der Waals surface area contributed by atoms with Crippen LogP contribution < -0.4 is 0 Å². The summed E-state index contributed by atoms with van der Waals surface area (Å²) in [7, 11) is 0. The number of phenols is 1. The highest BCUT2D eigenvalue weighted by Gasteiger charge is 2.03. The average molecular weight is 199 g/mol. The molecule has 0 aliphatic heterocycles. The number of hydrogen-bond donors (Lipinski definition) is 1. The number of phenolic OH excluding ortho intramolecular Hbond substituents is 1. The van der Waals surface area contributed by atoms with Gasteiger partial charge in [0.05, 0.1) is 0 Å². The van der Waals surface area contributed by atoms with Gasteiger partial charge in [0.25, 0.3) is 0 Å². The number of nitroso groups, excluding NO2 is 1. The van der Waals surface area contributed by atoms with Crippen LogP contribution in [0.4, 0.5) is 5.69 Å². The van der Waals surface area contributed by atoms with Gasteiger partial charge in [-0.15, -0.1) is 4.91 Å². The largest absolute Gasteiger partial charge is 0.508 e. The van der Waals surface area contributed by atoms with Gasteiger partial charge in [-0.25, -0.2) is 0 Å². The molecule has 0 spiro atoms. The van der Waals surface area contributed by atoms with Gasteiger partial charge in [-0.05, 0) is 28.9 Å². The molecule has 3 heteroatoms. The molecule has 0 aliphatic rings. The highest BCUT2D eigenvalue weighted by Crippen LogP contribution is 2.30. The van der Waals surface area contributed by atoms with Gasteiger partial charge in [0, 0.05) is 5.56 Å². The molecule has 0 atom stereocenters. The van der Waals surface area contributed by atoms with Gasteiger partial charge in [-0.2, -0.15) is 0 Å². The normalized spacial score (nSPS) is 9.87.